The van der Waals surface area contributed by atoms with E-state index in [-0.39, 0.29) is 34.1 Å². The van der Waals surface area contributed by atoms with E-state index in [9.17, 15) is 36.9 Å². The molecule has 0 aliphatic carbocycles. The quantitative estimate of drug-likeness (QED) is 0.115. The fraction of sp³-hybridized carbons (Fsp3) is 0.143. The van der Waals surface area contributed by atoms with Gasteiger partial charge in [0.1, 0.15) is 22.9 Å². The molecule has 14 heteroatoms. The molecule has 8 nitrogen and oxygen atoms in total. The van der Waals surface area contributed by atoms with Crippen molar-refractivity contribution in [2.75, 3.05) is 0 Å². The number of carbonyl (C=O) groups is 1. The van der Waals surface area contributed by atoms with Crippen molar-refractivity contribution in [1.82, 2.24) is 10.3 Å². The molecule has 0 aliphatic heterocycles. The molecule has 0 aliphatic rings. The Balaban J connectivity index is 1.85. The number of amides is 1. The van der Waals surface area contributed by atoms with Crippen molar-refractivity contribution in [2.24, 2.45) is 0 Å². The second-order valence-corrected chi connectivity index (χ2v) is 9.27. The van der Waals surface area contributed by atoms with E-state index < -0.39 is 40.7 Å². The molecule has 1 atom stereocenters. The van der Waals surface area contributed by atoms with Crippen LogP contribution in [0.4, 0.5) is 32.4 Å². The minimum atomic E-state index is -4.95. The van der Waals surface area contributed by atoms with Gasteiger partial charge in [-0.2, -0.15) is 17.6 Å². The van der Waals surface area contributed by atoms with Crippen LogP contribution in [0.25, 0.3) is 0 Å². The second kappa shape index (κ2) is 12.4. The first-order valence-electron chi connectivity index (χ1n) is 11.9. The highest BCUT2D eigenvalue weighted by Crippen LogP contribution is 2.37. The number of ether oxygens (including phenoxy) is 2. The number of hydrogen-bond donors (Lipinski definition) is 1. The number of nitrogens with zero attached hydrogens (tertiary/aromatic N) is 2. The third kappa shape index (κ3) is 7.10. The maximum absolute atomic E-state index is 14.9. The van der Waals surface area contributed by atoms with Gasteiger partial charge in [-0.3, -0.25) is 15.1 Å². The zero-order valence-electron chi connectivity index (χ0n) is 21.1. The number of hydrogen-bond acceptors (Lipinski definition) is 6. The molecule has 1 N–H and O–H groups in total. The van der Waals surface area contributed by atoms with Gasteiger partial charge < -0.3 is 14.8 Å². The van der Waals surface area contributed by atoms with Crippen molar-refractivity contribution in [3.63, 3.8) is 0 Å². The van der Waals surface area contributed by atoms with Crippen molar-refractivity contribution < 1.29 is 41.1 Å². The Morgan fingerprint density at radius 2 is 1.69 bits per heavy atom. The average Bonchev–Trinajstić information content (AvgIpc) is 2.93. The maximum Gasteiger partial charge on any atom is 0.461 e. The standard InChI is InChI=1S/C28H19ClF5N3O5/c29-19-6-11-24(35-16-19)27(15-17-4-2-1-3-5-17,36-26(38)41-22-9-7-21(8-10-22)37(39)40)18-12-20(30)14-23(13-18)42-28(33,34)25(31)32/h1-14,16,25H,15H2,(H,36,38)/t27-/m0/s1. The molecule has 4 rings (SSSR count). The average molecular weight is 608 g/mol. The molecule has 1 amide bonds. The number of nitro groups is 1. The minimum absolute atomic E-state index is 0.0357. The Labute approximate surface area is 239 Å². The largest absolute Gasteiger partial charge is 0.461 e. The molecule has 0 saturated heterocycles. The first-order valence-corrected chi connectivity index (χ1v) is 12.3. The topological polar surface area (TPSA) is 104 Å². The van der Waals surface area contributed by atoms with E-state index in [1.807, 2.05) is 0 Å². The molecule has 3 aromatic carbocycles. The number of benzene rings is 3. The molecule has 0 spiro atoms. The zero-order valence-corrected chi connectivity index (χ0v) is 21.9. The van der Waals surface area contributed by atoms with Crippen LogP contribution in [0.15, 0.2) is 91.1 Å². The summed E-state index contributed by atoms with van der Waals surface area (Å²) < 4.78 is 77.7. The van der Waals surface area contributed by atoms with Crippen molar-refractivity contribution in [3.8, 4) is 11.5 Å². The number of carbonyl (C=O) groups excluding carboxylic acids is 1. The lowest BCUT2D eigenvalue weighted by Gasteiger charge is -2.35. The molecule has 42 heavy (non-hydrogen) atoms. The van der Waals surface area contributed by atoms with E-state index in [1.54, 1.807) is 30.3 Å². The molecule has 0 fully saturated rings. The number of nitrogens with one attached hydrogen (secondary N) is 1. The summed E-state index contributed by atoms with van der Waals surface area (Å²) in [6.45, 7) is 0. The van der Waals surface area contributed by atoms with Gasteiger partial charge in [0.05, 0.1) is 15.6 Å². The van der Waals surface area contributed by atoms with Crippen molar-refractivity contribution >= 4 is 23.4 Å². The monoisotopic (exact) mass is 607 g/mol. The summed E-state index contributed by atoms with van der Waals surface area (Å²) in [4.78, 5) is 27.8. The van der Waals surface area contributed by atoms with E-state index >= 15 is 0 Å². The van der Waals surface area contributed by atoms with E-state index in [4.69, 9.17) is 16.3 Å². The smallest absolute Gasteiger partial charge is 0.428 e. The fourth-order valence-corrected chi connectivity index (χ4v) is 4.18. The Kier molecular flexibility index (Phi) is 8.90. The van der Waals surface area contributed by atoms with E-state index in [0.29, 0.717) is 11.6 Å². The highest BCUT2D eigenvalue weighted by molar-refractivity contribution is 6.30. The van der Waals surface area contributed by atoms with Crippen molar-refractivity contribution in [2.45, 2.75) is 24.5 Å². The summed E-state index contributed by atoms with van der Waals surface area (Å²) in [5.74, 6) is -2.20. The summed E-state index contributed by atoms with van der Waals surface area (Å²) in [7, 11) is 0. The van der Waals surface area contributed by atoms with Gasteiger partial charge in [0.15, 0.2) is 0 Å². The maximum atomic E-state index is 14.9. The van der Waals surface area contributed by atoms with Gasteiger partial charge in [0.2, 0.25) is 0 Å². The van der Waals surface area contributed by atoms with Gasteiger partial charge in [0, 0.05) is 30.8 Å². The SMILES string of the molecule is O=C(N[C@@](Cc1ccccc1)(c1cc(F)cc(OC(F)(F)C(F)F)c1)c1ccc(Cl)cn1)Oc1ccc([N+](=O)[O-])cc1. The van der Waals surface area contributed by atoms with Crippen molar-refractivity contribution in [3.05, 3.63) is 129 Å². The van der Waals surface area contributed by atoms with Crippen LogP contribution in [0.2, 0.25) is 5.02 Å². The number of rotatable bonds is 10. The van der Waals surface area contributed by atoms with Crippen LogP contribution in [0.5, 0.6) is 11.5 Å². The van der Waals surface area contributed by atoms with Crippen LogP contribution in [0, 0.1) is 15.9 Å². The fourth-order valence-electron chi connectivity index (χ4n) is 4.06. The predicted octanol–water partition coefficient (Wildman–Crippen LogP) is 7.29. The highest BCUT2D eigenvalue weighted by Gasteiger charge is 2.45. The zero-order chi connectivity index (χ0) is 30.5. The van der Waals surface area contributed by atoms with E-state index in [1.165, 1.54) is 18.3 Å². The molecule has 0 saturated carbocycles. The summed E-state index contributed by atoms with van der Waals surface area (Å²) in [6.07, 6.45) is -9.27. The molecule has 1 heterocycles. The van der Waals surface area contributed by atoms with Crippen LogP contribution >= 0.6 is 11.6 Å². The van der Waals surface area contributed by atoms with Gasteiger partial charge in [-0.05, 0) is 47.5 Å². The molecule has 0 radical (unpaired) electrons. The number of aromatic nitrogens is 1. The summed E-state index contributed by atoms with van der Waals surface area (Å²) >= 11 is 6.01. The van der Waals surface area contributed by atoms with Crippen LogP contribution in [-0.2, 0) is 12.0 Å². The van der Waals surface area contributed by atoms with E-state index in [0.717, 1.165) is 36.4 Å². The first kappa shape index (κ1) is 30.2. The number of halogens is 6. The predicted molar refractivity (Wildman–Crippen MR) is 140 cm³/mol. The van der Waals surface area contributed by atoms with Crippen LogP contribution in [-0.4, -0.2) is 28.5 Å². The van der Waals surface area contributed by atoms with Crippen molar-refractivity contribution in [1.29, 1.82) is 0 Å². The van der Waals surface area contributed by atoms with Gasteiger partial charge >= 0.3 is 18.6 Å². The Bertz CT molecular complexity index is 1560. The highest BCUT2D eigenvalue weighted by atomic mass is 35.5. The normalized spacial score (nSPS) is 12.8. The number of alkyl halides is 4. The first-order chi connectivity index (χ1) is 19.9. The van der Waals surface area contributed by atoms with Gasteiger partial charge in [-0.25, -0.2) is 9.18 Å². The lowest BCUT2D eigenvalue weighted by molar-refractivity contribution is -0.384. The molecule has 0 unspecified atom stereocenters. The van der Waals surface area contributed by atoms with Gasteiger partial charge in [-0.1, -0.05) is 41.9 Å². The van der Waals surface area contributed by atoms with Crippen LogP contribution in [0.3, 0.4) is 0 Å². The molecule has 4 aromatic rings. The molecule has 0 bridgehead atoms. The summed E-state index contributed by atoms with van der Waals surface area (Å²) in [5.41, 5.74) is -1.78. The van der Waals surface area contributed by atoms with Gasteiger partial charge in [0.25, 0.3) is 5.69 Å². The Morgan fingerprint density at radius 1 is 1.00 bits per heavy atom. The molecular formula is C28H19ClF5N3O5. The molecule has 1 aromatic heterocycles. The molecular weight excluding hydrogens is 589 g/mol. The lowest BCUT2D eigenvalue weighted by atomic mass is 9.80. The lowest BCUT2D eigenvalue weighted by Crippen LogP contribution is -2.50. The number of nitro benzene ring substituents is 1. The molecule has 218 valence electrons. The van der Waals surface area contributed by atoms with Gasteiger partial charge in [-0.15, -0.1) is 0 Å². The summed E-state index contributed by atoms with van der Waals surface area (Å²) in [5, 5.41) is 13.7. The number of pyridine rings is 1. The second-order valence-electron chi connectivity index (χ2n) is 8.84. The van der Waals surface area contributed by atoms with Crippen LogP contribution < -0.4 is 14.8 Å². The Morgan fingerprint density at radius 3 is 2.29 bits per heavy atom. The minimum Gasteiger partial charge on any atom is -0.428 e. The third-order valence-electron chi connectivity index (χ3n) is 5.92. The summed E-state index contributed by atoms with van der Waals surface area (Å²) in [6, 6.07) is 17.9. The van der Waals surface area contributed by atoms with E-state index in [2.05, 4.69) is 15.0 Å². The number of non-ortho nitro benzene ring substituents is 1. The third-order valence-corrected chi connectivity index (χ3v) is 6.15. The Hall–Kier alpha value is -4.78. The van der Waals surface area contributed by atoms with Crippen LogP contribution in [0.1, 0.15) is 16.8 Å².